The van der Waals surface area contributed by atoms with Crippen molar-refractivity contribution in [2.45, 2.75) is 26.7 Å². The number of nitrogens with zero attached hydrogens (tertiary/aromatic N) is 4. The Morgan fingerprint density at radius 2 is 1.78 bits per heavy atom. The minimum atomic E-state index is -0.526. The Balaban J connectivity index is 1.78. The van der Waals surface area contributed by atoms with Crippen LogP contribution in [0.5, 0.6) is 0 Å². The summed E-state index contributed by atoms with van der Waals surface area (Å²) >= 11 is 0. The molecule has 1 fully saturated rings. The molecule has 0 radical (unpaired) electrons. The molecule has 3 rings (SSSR count). The average molecular weight is 443 g/mol. The number of benzene rings is 1. The molecule has 0 aliphatic carbocycles. The second-order valence-corrected chi connectivity index (χ2v) is 7.09. The molecule has 0 saturated carbocycles. The molecule has 1 saturated heterocycles. The lowest BCUT2D eigenvalue weighted by Gasteiger charge is -2.31. The van der Waals surface area contributed by atoms with Gasteiger partial charge in [0.25, 0.3) is 0 Å². The Hall–Kier alpha value is -3.76. The molecule has 11 heteroatoms. The van der Waals surface area contributed by atoms with Gasteiger partial charge in [-0.15, -0.1) is 0 Å². The van der Waals surface area contributed by atoms with Gasteiger partial charge in [0.15, 0.2) is 0 Å². The Bertz CT molecular complexity index is 973. The molecule has 1 aliphatic heterocycles. The second kappa shape index (κ2) is 10.5. The van der Waals surface area contributed by atoms with Crippen LogP contribution in [-0.4, -0.2) is 53.1 Å². The lowest BCUT2D eigenvalue weighted by molar-refractivity contribution is -0.383. The van der Waals surface area contributed by atoms with Crippen molar-refractivity contribution < 1.29 is 24.0 Å². The number of rotatable bonds is 8. The van der Waals surface area contributed by atoms with Crippen molar-refractivity contribution in [2.24, 2.45) is 5.92 Å². The van der Waals surface area contributed by atoms with Crippen molar-refractivity contribution >= 4 is 34.9 Å². The van der Waals surface area contributed by atoms with Crippen LogP contribution < -0.4 is 10.2 Å². The van der Waals surface area contributed by atoms with Gasteiger partial charge < -0.3 is 19.7 Å². The number of nitrogens with one attached hydrogen (secondary N) is 1. The van der Waals surface area contributed by atoms with E-state index < -0.39 is 10.9 Å². The van der Waals surface area contributed by atoms with E-state index in [9.17, 15) is 19.7 Å². The van der Waals surface area contributed by atoms with Gasteiger partial charge in [-0.05, 0) is 51.0 Å². The molecule has 0 unspecified atom stereocenters. The smallest absolute Gasteiger partial charge is 0.353 e. The molecule has 2 heterocycles. The third kappa shape index (κ3) is 5.29. The second-order valence-electron chi connectivity index (χ2n) is 7.09. The normalized spacial score (nSPS) is 14.0. The number of piperidine rings is 1. The zero-order chi connectivity index (χ0) is 23.1. The van der Waals surface area contributed by atoms with Crippen molar-refractivity contribution in [1.29, 1.82) is 0 Å². The van der Waals surface area contributed by atoms with E-state index >= 15 is 0 Å². The molecule has 1 N–H and O–H groups in total. The first-order valence-electron chi connectivity index (χ1n) is 10.4. The van der Waals surface area contributed by atoms with Crippen LogP contribution in [-0.2, 0) is 14.3 Å². The van der Waals surface area contributed by atoms with Gasteiger partial charge in [-0.25, -0.2) is 14.8 Å². The van der Waals surface area contributed by atoms with E-state index in [0.717, 1.165) is 0 Å². The number of hydrogen-bond acceptors (Lipinski definition) is 10. The van der Waals surface area contributed by atoms with Crippen LogP contribution in [0.25, 0.3) is 0 Å². The molecule has 32 heavy (non-hydrogen) atoms. The van der Waals surface area contributed by atoms with Gasteiger partial charge in [0, 0.05) is 18.8 Å². The number of carbonyl (C=O) groups excluding carboxylic acids is 2. The molecule has 1 aromatic carbocycles. The fourth-order valence-corrected chi connectivity index (χ4v) is 3.49. The Morgan fingerprint density at radius 3 is 2.38 bits per heavy atom. The van der Waals surface area contributed by atoms with E-state index in [1.54, 1.807) is 43.0 Å². The average Bonchev–Trinajstić information content (AvgIpc) is 2.79. The number of nitro groups is 1. The van der Waals surface area contributed by atoms with Crippen molar-refractivity contribution in [1.82, 2.24) is 9.97 Å². The molecule has 1 aliphatic rings. The van der Waals surface area contributed by atoms with Gasteiger partial charge in [-0.2, -0.15) is 0 Å². The molecule has 170 valence electrons. The first-order chi connectivity index (χ1) is 15.4. The van der Waals surface area contributed by atoms with Crippen LogP contribution in [0.2, 0.25) is 0 Å². The van der Waals surface area contributed by atoms with Gasteiger partial charge in [0.05, 0.1) is 29.6 Å². The van der Waals surface area contributed by atoms with Gasteiger partial charge in [-0.3, -0.25) is 14.9 Å². The quantitative estimate of drug-likeness (QED) is 0.368. The summed E-state index contributed by atoms with van der Waals surface area (Å²) in [7, 11) is 0. The minimum Gasteiger partial charge on any atom is -0.466 e. The topological polar surface area (TPSA) is 137 Å². The highest BCUT2D eigenvalue weighted by Gasteiger charge is 2.32. The maximum absolute atomic E-state index is 12.0. The molecular weight excluding hydrogens is 418 g/mol. The molecule has 11 nitrogen and oxygen atoms in total. The predicted molar refractivity (Wildman–Crippen MR) is 116 cm³/mol. The molecule has 0 atom stereocenters. The molecule has 1 aromatic heterocycles. The number of hydrogen-bond donors (Lipinski definition) is 1. The number of anilines is 3. The Kier molecular flexibility index (Phi) is 7.53. The third-order valence-electron chi connectivity index (χ3n) is 5.06. The van der Waals surface area contributed by atoms with Crippen molar-refractivity contribution in [3.8, 4) is 0 Å². The van der Waals surface area contributed by atoms with E-state index in [4.69, 9.17) is 9.47 Å². The Morgan fingerprint density at radius 1 is 1.12 bits per heavy atom. The fraction of sp³-hybridized carbons (Fsp3) is 0.429. The van der Waals surface area contributed by atoms with Gasteiger partial charge in [-0.1, -0.05) is 0 Å². The van der Waals surface area contributed by atoms with Crippen LogP contribution in [0.3, 0.4) is 0 Å². The molecule has 0 bridgehead atoms. The molecule has 0 spiro atoms. The number of esters is 2. The summed E-state index contributed by atoms with van der Waals surface area (Å²) in [5.74, 6) is -0.671. The fourth-order valence-electron chi connectivity index (χ4n) is 3.49. The summed E-state index contributed by atoms with van der Waals surface area (Å²) in [6, 6.07) is 6.36. The highest BCUT2D eigenvalue weighted by atomic mass is 16.6. The monoisotopic (exact) mass is 443 g/mol. The van der Waals surface area contributed by atoms with E-state index in [1.807, 2.05) is 0 Å². The zero-order valence-corrected chi connectivity index (χ0v) is 17.9. The van der Waals surface area contributed by atoms with Gasteiger partial charge in [0.2, 0.25) is 11.6 Å². The minimum absolute atomic E-state index is 0.0383. The van der Waals surface area contributed by atoms with Crippen molar-refractivity contribution in [3.63, 3.8) is 0 Å². The van der Waals surface area contributed by atoms with Crippen LogP contribution in [0.4, 0.5) is 23.0 Å². The summed E-state index contributed by atoms with van der Waals surface area (Å²) in [5, 5.41) is 14.8. The largest absolute Gasteiger partial charge is 0.466 e. The van der Waals surface area contributed by atoms with Crippen LogP contribution in [0.1, 0.15) is 37.0 Å². The van der Waals surface area contributed by atoms with Crippen molar-refractivity contribution in [3.05, 3.63) is 46.3 Å². The first-order valence-corrected chi connectivity index (χ1v) is 10.4. The summed E-state index contributed by atoms with van der Waals surface area (Å²) in [5.41, 5.74) is 0.642. The molecule has 0 amide bonds. The zero-order valence-electron chi connectivity index (χ0n) is 17.9. The summed E-state index contributed by atoms with van der Waals surface area (Å²) < 4.78 is 10.0. The van der Waals surface area contributed by atoms with E-state index in [2.05, 4.69) is 15.3 Å². The van der Waals surface area contributed by atoms with E-state index in [1.165, 1.54) is 6.33 Å². The lowest BCUT2D eigenvalue weighted by atomic mass is 9.97. The van der Waals surface area contributed by atoms with E-state index in [-0.39, 0.29) is 35.8 Å². The molecule has 2 aromatic rings. The standard InChI is InChI=1S/C21H25N5O6/c1-3-31-20(27)14-5-7-16(8-6-14)24-18-17(26(29)30)19(23-13-22-18)25-11-9-15(10-12-25)21(28)32-4-2/h5-8,13,15H,3-4,9-12H2,1-2H3,(H,22,23,24). The number of ether oxygens (including phenoxy) is 2. The SMILES string of the molecule is CCOC(=O)c1ccc(Nc2ncnc(N3CCC(C(=O)OCC)CC3)c2[N+](=O)[O-])cc1. The number of aromatic nitrogens is 2. The highest BCUT2D eigenvalue weighted by molar-refractivity contribution is 5.90. The van der Waals surface area contributed by atoms with Crippen LogP contribution in [0, 0.1) is 16.0 Å². The Labute approximate surface area is 184 Å². The summed E-state index contributed by atoms with van der Waals surface area (Å²) in [6.45, 7) is 4.96. The third-order valence-corrected chi connectivity index (χ3v) is 5.06. The maximum Gasteiger partial charge on any atom is 0.353 e. The lowest BCUT2D eigenvalue weighted by Crippen LogP contribution is -2.37. The van der Waals surface area contributed by atoms with Crippen LogP contribution >= 0.6 is 0 Å². The highest BCUT2D eigenvalue weighted by Crippen LogP contribution is 2.35. The van der Waals surface area contributed by atoms with E-state index in [0.29, 0.717) is 43.8 Å². The summed E-state index contributed by atoms with van der Waals surface area (Å²) in [4.78, 5) is 45.1. The van der Waals surface area contributed by atoms with Gasteiger partial charge in [0.1, 0.15) is 6.33 Å². The number of carbonyl (C=O) groups is 2. The molecular formula is C21H25N5O6. The summed E-state index contributed by atoms with van der Waals surface area (Å²) in [6.07, 6.45) is 2.31. The maximum atomic E-state index is 12.0. The predicted octanol–water partition coefficient (Wildman–Crippen LogP) is 3.08. The first kappa shape index (κ1) is 22.9. The van der Waals surface area contributed by atoms with Crippen LogP contribution in [0.15, 0.2) is 30.6 Å². The van der Waals surface area contributed by atoms with Gasteiger partial charge >= 0.3 is 17.6 Å². The van der Waals surface area contributed by atoms with Crippen molar-refractivity contribution in [2.75, 3.05) is 36.5 Å².